The summed E-state index contributed by atoms with van der Waals surface area (Å²) in [6.07, 6.45) is 5.41. The number of esters is 1. The summed E-state index contributed by atoms with van der Waals surface area (Å²) in [6, 6.07) is 9.70. The van der Waals surface area contributed by atoms with E-state index in [-0.39, 0.29) is 53.4 Å². The first kappa shape index (κ1) is 18.7. The summed E-state index contributed by atoms with van der Waals surface area (Å²) in [7, 11) is 0. The zero-order valence-electron chi connectivity index (χ0n) is 16.5. The smallest absolute Gasteiger partial charge is 0.338 e. The fraction of sp³-hybridized carbons (Fsp3) is 0.333. The molecule has 0 spiro atoms. The molecule has 1 aliphatic heterocycles. The normalized spacial score (nSPS) is 32.1. The number of allylic oxidation sites excluding steroid dienone is 2. The molecule has 7 heteroatoms. The van der Waals surface area contributed by atoms with Crippen LogP contribution >= 0.6 is 11.3 Å². The molecule has 6 atom stereocenters. The number of benzene rings is 1. The van der Waals surface area contributed by atoms with Crippen LogP contribution in [0, 0.1) is 35.5 Å². The van der Waals surface area contributed by atoms with E-state index in [1.54, 1.807) is 29.6 Å². The lowest BCUT2D eigenvalue weighted by molar-refractivity contribution is -0.124. The number of ether oxygens (including phenoxy) is 1. The molecular weight excluding hydrogens is 414 g/mol. The van der Waals surface area contributed by atoms with Gasteiger partial charge in [0.2, 0.25) is 17.6 Å². The van der Waals surface area contributed by atoms with Gasteiger partial charge in [-0.1, -0.05) is 18.2 Å². The van der Waals surface area contributed by atoms with E-state index < -0.39 is 5.97 Å². The van der Waals surface area contributed by atoms with Crippen molar-refractivity contribution >= 4 is 40.6 Å². The van der Waals surface area contributed by atoms with Crippen LogP contribution in [0.4, 0.5) is 5.69 Å². The Bertz CT molecular complexity index is 1100. The Morgan fingerprint density at radius 3 is 2.19 bits per heavy atom. The Hall–Kier alpha value is -3.06. The average molecular weight is 433 g/mol. The lowest BCUT2D eigenvalue weighted by Crippen LogP contribution is -2.40. The van der Waals surface area contributed by atoms with E-state index in [2.05, 4.69) is 12.2 Å². The van der Waals surface area contributed by atoms with Gasteiger partial charge in [0.15, 0.2) is 6.61 Å². The van der Waals surface area contributed by atoms with E-state index in [0.717, 1.165) is 6.42 Å². The van der Waals surface area contributed by atoms with E-state index >= 15 is 0 Å². The van der Waals surface area contributed by atoms with Crippen LogP contribution in [-0.4, -0.2) is 30.2 Å². The summed E-state index contributed by atoms with van der Waals surface area (Å²) in [4.78, 5) is 52.4. The molecule has 7 rings (SSSR count). The number of carbonyl (C=O) groups is 4. The minimum absolute atomic E-state index is 0.128. The van der Waals surface area contributed by atoms with E-state index in [0.29, 0.717) is 22.4 Å². The molecule has 1 aromatic carbocycles. The van der Waals surface area contributed by atoms with E-state index in [1.807, 2.05) is 0 Å². The lowest BCUT2D eigenvalue weighted by atomic mass is 9.63. The maximum atomic E-state index is 13.2. The van der Waals surface area contributed by atoms with Crippen LogP contribution in [0.1, 0.15) is 26.5 Å². The highest BCUT2D eigenvalue weighted by molar-refractivity contribution is 7.12. The number of hydrogen-bond acceptors (Lipinski definition) is 6. The van der Waals surface area contributed by atoms with E-state index in [9.17, 15) is 19.2 Å². The van der Waals surface area contributed by atoms with Crippen LogP contribution in [0.5, 0.6) is 0 Å². The van der Waals surface area contributed by atoms with Gasteiger partial charge in [-0.25, -0.2) is 4.79 Å². The number of imide groups is 1. The number of rotatable bonds is 5. The molecule has 0 N–H and O–H groups in total. The predicted molar refractivity (Wildman–Crippen MR) is 113 cm³/mol. The molecule has 1 aromatic heterocycles. The molecule has 2 saturated carbocycles. The Morgan fingerprint density at radius 2 is 1.61 bits per heavy atom. The number of anilines is 1. The summed E-state index contributed by atoms with van der Waals surface area (Å²) in [5.74, 6) is -0.160. The summed E-state index contributed by atoms with van der Waals surface area (Å²) in [5.41, 5.74) is 0.742. The van der Waals surface area contributed by atoms with Crippen molar-refractivity contribution in [3.05, 3.63) is 64.4 Å². The molecule has 2 heterocycles. The van der Waals surface area contributed by atoms with Crippen molar-refractivity contribution in [3.8, 4) is 0 Å². The summed E-state index contributed by atoms with van der Waals surface area (Å²) >= 11 is 1.30. The zero-order valence-corrected chi connectivity index (χ0v) is 17.3. The minimum Gasteiger partial charge on any atom is -0.454 e. The molecule has 156 valence electrons. The third-order valence-electron chi connectivity index (χ3n) is 7.15. The van der Waals surface area contributed by atoms with Crippen molar-refractivity contribution in [2.24, 2.45) is 35.5 Å². The van der Waals surface area contributed by atoms with Gasteiger partial charge in [0, 0.05) is 0 Å². The number of carbonyl (C=O) groups excluding carboxylic acids is 4. The predicted octanol–water partition coefficient (Wildman–Crippen LogP) is 3.35. The van der Waals surface area contributed by atoms with E-state index in [1.165, 1.54) is 28.4 Å². The molecule has 6 nitrogen and oxygen atoms in total. The molecule has 3 fully saturated rings. The molecular formula is C24H19NO5S. The van der Waals surface area contributed by atoms with Gasteiger partial charge in [0.25, 0.3) is 0 Å². The first-order valence-corrected chi connectivity index (χ1v) is 11.3. The molecule has 0 radical (unpaired) electrons. The van der Waals surface area contributed by atoms with Gasteiger partial charge in [0.05, 0.1) is 28.0 Å². The summed E-state index contributed by atoms with van der Waals surface area (Å²) in [6.45, 7) is -0.328. The second-order valence-corrected chi connectivity index (χ2v) is 9.64. The minimum atomic E-state index is -0.619. The number of hydrogen-bond donors (Lipinski definition) is 0. The van der Waals surface area contributed by atoms with Gasteiger partial charge in [-0.05, 0) is 65.8 Å². The van der Waals surface area contributed by atoms with Crippen LogP contribution < -0.4 is 4.90 Å². The number of ketones is 1. The number of nitrogens with zero attached hydrogens (tertiary/aromatic N) is 1. The maximum Gasteiger partial charge on any atom is 0.338 e. The Balaban J connectivity index is 1.16. The maximum absolute atomic E-state index is 13.2. The molecule has 31 heavy (non-hydrogen) atoms. The van der Waals surface area contributed by atoms with Gasteiger partial charge >= 0.3 is 5.97 Å². The van der Waals surface area contributed by atoms with Crippen molar-refractivity contribution in [2.75, 3.05) is 11.5 Å². The first-order valence-electron chi connectivity index (χ1n) is 10.4. The van der Waals surface area contributed by atoms with E-state index in [4.69, 9.17) is 4.74 Å². The molecule has 5 aliphatic rings. The molecule has 2 aromatic rings. The Morgan fingerprint density at radius 1 is 0.968 bits per heavy atom. The molecule has 2 bridgehead atoms. The highest BCUT2D eigenvalue weighted by Crippen LogP contribution is 2.65. The Labute approximate surface area is 182 Å². The number of thiophene rings is 1. The van der Waals surface area contributed by atoms with Crippen LogP contribution in [0.25, 0.3) is 0 Å². The van der Waals surface area contributed by atoms with Gasteiger partial charge < -0.3 is 4.74 Å². The highest BCUT2D eigenvalue weighted by atomic mass is 32.1. The molecule has 4 aliphatic carbocycles. The van der Waals surface area contributed by atoms with Crippen LogP contribution in [0.3, 0.4) is 0 Å². The van der Waals surface area contributed by atoms with Gasteiger partial charge in [-0.3, -0.25) is 19.3 Å². The van der Waals surface area contributed by atoms with Crippen LogP contribution in [0.2, 0.25) is 0 Å². The van der Waals surface area contributed by atoms with Crippen LogP contribution in [0.15, 0.2) is 53.9 Å². The standard InChI is InChI=1S/C24H19NO5S/c26-18(19-2-1-9-31-19)11-30-24(29)12-3-5-13(6-4-12)25-22(27)20-14-7-8-15(17-10-16(14)17)21(20)23(25)28/h1-9,14-17,20-21H,10-11H2/t14-,15-,16-,17-,20-,21+/m1/s1. The Kier molecular flexibility index (Phi) is 4.05. The second-order valence-electron chi connectivity index (χ2n) is 8.69. The third-order valence-corrected chi connectivity index (χ3v) is 8.07. The van der Waals surface area contributed by atoms with Crippen molar-refractivity contribution in [1.29, 1.82) is 0 Å². The topological polar surface area (TPSA) is 80.8 Å². The largest absolute Gasteiger partial charge is 0.454 e. The molecule has 1 saturated heterocycles. The number of amides is 2. The van der Waals surface area contributed by atoms with Crippen molar-refractivity contribution in [2.45, 2.75) is 6.42 Å². The van der Waals surface area contributed by atoms with Crippen molar-refractivity contribution in [1.82, 2.24) is 0 Å². The van der Waals surface area contributed by atoms with Crippen molar-refractivity contribution < 1.29 is 23.9 Å². The average Bonchev–Trinajstić information content (AvgIpc) is 3.36. The van der Waals surface area contributed by atoms with Gasteiger partial charge in [0.1, 0.15) is 0 Å². The number of Topliss-reactive ketones (excluding diaryl/α,β-unsaturated/α-hetero) is 1. The third kappa shape index (κ3) is 2.76. The highest BCUT2D eigenvalue weighted by Gasteiger charge is 2.67. The fourth-order valence-corrected chi connectivity index (χ4v) is 6.33. The monoisotopic (exact) mass is 433 g/mol. The first-order chi connectivity index (χ1) is 15.0. The second kappa shape index (κ2) is 6.72. The summed E-state index contributed by atoms with van der Waals surface area (Å²) < 4.78 is 5.11. The fourth-order valence-electron chi connectivity index (χ4n) is 5.68. The quantitative estimate of drug-likeness (QED) is 0.313. The SMILES string of the molecule is O=C(OCC(=O)c1cccs1)c1ccc(N2C(=O)[C@@H]3[C@@H]4C=C[C@H]([C@H]5C[C@H]45)[C@@H]3C2=O)cc1. The van der Waals surface area contributed by atoms with Gasteiger partial charge in [-0.15, -0.1) is 11.3 Å². The zero-order chi connectivity index (χ0) is 21.3. The molecule has 2 amide bonds. The van der Waals surface area contributed by atoms with Crippen LogP contribution in [-0.2, 0) is 14.3 Å². The van der Waals surface area contributed by atoms with Gasteiger partial charge in [-0.2, -0.15) is 0 Å². The van der Waals surface area contributed by atoms with Crippen molar-refractivity contribution in [3.63, 3.8) is 0 Å². The summed E-state index contributed by atoms with van der Waals surface area (Å²) in [5, 5.41) is 1.79. The molecule has 0 unspecified atom stereocenters. The lowest BCUT2D eigenvalue weighted by Gasteiger charge is -2.37.